The predicted octanol–water partition coefficient (Wildman–Crippen LogP) is 1.30. The largest absolute Gasteiger partial charge is 0.350 e. The van der Waals surface area contributed by atoms with Gasteiger partial charge < -0.3 is 5.32 Å². The van der Waals surface area contributed by atoms with E-state index >= 15 is 0 Å². The van der Waals surface area contributed by atoms with Crippen LogP contribution in [0.2, 0.25) is 0 Å². The highest BCUT2D eigenvalue weighted by Gasteiger charge is 2.27. The van der Waals surface area contributed by atoms with E-state index in [-0.39, 0.29) is 23.9 Å². The van der Waals surface area contributed by atoms with Gasteiger partial charge in [-0.25, -0.2) is 4.98 Å². The summed E-state index contributed by atoms with van der Waals surface area (Å²) >= 11 is 1.52. The number of fused-ring (bicyclic) bond motifs is 1. The molecule has 0 spiro atoms. The molecule has 3 rings (SSSR count). The summed E-state index contributed by atoms with van der Waals surface area (Å²) in [5.41, 5.74) is 1.44. The van der Waals surface area contributed by atoms with Crippen molar-refractivity contribution in [1.29, 1.82) is 0 Å². The molecule has 0 unspecified atom stereocenters. The second kappa shape index (κ2) is 6.31. The van der Waals surface area contributed by atoms with Crippen molar-refractivity contribution < 1.29 is 4.79 Å². The molecule has 0 radical (unpaired) electrons. The number of amides is 1. The molecule has 1 aliphatic rings. The summed E-state index contributed by atoms with van der Waals surface area (Å²) in [6.07, 6.45) is 1.97. The van der Waals surface area contributed by atoms with Crippen LogP contribution in [0.25, 0.3) is 0 Å². The number of rotatable bonds is 4. The molecule has 0 saturated heterocycles. The third-order valence-corrected chi connectivity index (χ3v) is 4.53. The summed E-state index contributed by atoms with van der Waals surface area (Å²) < 4.78 is 1.62. The second-order valence-electron chi connectivity index (χ2n) is 5.16. The molecule has 22 heavy (non-hydrogen) atoms. The van der Waals surface area contributed by atoms with Gasteiger partial charge in [0.1, 0.15) is 0 Å². The smallest absolute Gasteiger partial charge is 0.254 e. The molecule has 0 fully saturated rings. The molecule has 3 heterocycles. The standard InChI is InChI=1S/C15H16N4O2S/c1-10-6-14(21)19-12(9-22-15(19)18-10)7-13(20)17-8-11-4-2-3-5-16-11/h2-6,12H,7-9H2,1H3,(H,17,20)/t12-/m0/s1. The van der Waals surface area contributed by atoms with Crippen LogP contribution in [0, 0.1) is 6.92 Å². The number of thioether (sulfide) groups is 1. The molecule has 0 aliphatic carbocycles. The van der Waals surface area contributed by atoms with Crippen LogP contribution in [0.4, 0.5) is 0 Å². The van der Waals surface area contributed by atoms with E-state index in [0.29, 0.717) is 23.1 Å². The molecule has 1 aliphatic heterocycles. The maximum atomic E-state index is 12.1. The van der Waals surface area contributed by atoms with Crippen LogP contribution in [0.15, 0.2) is 40.4 Å². The molecule has 2 aromatic heterocycles. The number of nitrogens with zero attached hydrogens (tertiary/aromatic N) is 3. The molecule has 1 atom stereocenters. The molecular weight excluding hydrogens is 300 g/mol. The van der Waals surface area contributed by atoms with Gasteiger partial charge in [-0.3, -0.25) is 19.1 Å². The molecule has 2 aromatic rings. The average Bonchev–Trinajstić information content (AvgIpc) is 2.89. The van der Waals surface area contributed by atoms with Crippen LogP contribution in [0.5, 0.6) is 0 Å². The van der Waals surface area contributed by atoms with Crippen LogP contribution < -0.4 is 10.9 Å². The molecule has 1 amide bonds. The monoisotopic (exact) mass is 316 g/mol. The molecule has 0 bridgehead atoms. The lowest BCUT2D eigenvalue weighted by atomic mass is 10.2. The Bertz CT molecular complexity index is 745. The van der Waals surface area contributed by atoms with Crippen LogP contribution in [-0.2, 0) is 11.3 Å². The van der Waals surface area contributed by atoms with E-state index < -0.39 is 0 Å². The van der Waals surface area contributed by atoms with E-state index in [1.807, 2.05) is 18.2 Å². The number of carbonyl (C=O) groups is 1. The van der Waals surface area contributed by atoms with Crippen molar-refractivity contribution in [2.24, 2.45) is 0 Å². The molecular formula is C15H16N4O2S. The summed E-state index contributed by atoms with van der Waals surface area (Å²) in [7, 11) is 0. The minimum Gasteiger partial charge on any atom is -0.350 e. The minimum absolute atomic E-state index is 0.0865. The van der Waals surface area contributed by atoms with E-state index in [1.165, 1.54) is 17.8 Å². The Hall–Kier alpha value is -2.15. The van der Waals surface area contributed by atoms with Gasteiger partial charge in [0.25, 0.3) is 5.56 Å². The summed E-state index contributed by atoms with van der Waals surface area (Å²) in [4.78, 5) is 32.7. The highest BCUT2D eigenvalue weighted by atomic mass is 32.2. The quantitative estimate of drug-likeness (QED) is 0.860. The summed E-state index contributed by atoms with van der Waals surface area (Å²) in [6, 6.07) is 6.95. The maximum Gasteiger partial charge on any atom is 0.254 e. The number of hydrogen-bond donors (Lipinski definition) is 1. The van der Waals surface area contributed by atoms with Gasteiger partial charge in [-0.05, 0) is 19.1 Å². The van der Waals surface area contributed by atoms with Gasteiger partial charge in [-0.15, -0.1) is 0 Å². The van der Waals surface area contributed by atoms with Crippen molar-refractivity contribution in [2.75, 3.05) is 5.75 Å². The van der Waals surface area contributed by atoms with Gasteiger partial charge in [0.2, 0.25) is 5.91 Å². The van der Waals surface area contributed by atoms with Gasteiger partial charge in [0.05, 0.1) is 18.3 Å². The predicted molar refractivity (Wildman–Crippen MR) is 83.7 cm³/mol. The highest BCUT2D eigenvalue weighted by molar-refractivity contribution is 7.99. The van der Waals surface area contributed by atoms with Gasteiger partial charge >= 0.3 is 0 Å². The molecule has 1 N–H and O–H groups in total. The van der Waals surface area contributed by atoms with Crippen molar-refractivity contribution in [1.82, 2.24) is 19.9 Å². The Morgan fingerprint density at radius 2 is 2.36 bits per heavy atom. The Labute approximate surface area is 132 Å². The first-order valence-corrected chi connectivity index (χ1v) is 8.01. The molecule has 6 nitrogen and oxygen atoms in total. The van der Waals surface area contributed by atoms with Gasteiger partial charge in [0, 0.05) is 30.1 Å². The average molecular weight is 316 g/mol. The molecule has 7 heteroatoms. The van der Waals surface area contributed by atoms with E-state index in [9.17, 15) is 9.59 Å². The second-order valence-corrected chi connectivity index (χ2v) is 6.14. The number of hydrogen-bond acceptors (Lipinski definition) is 5. The first-order valence-electron chi connectivity index (χ1n) is 7.03. The van der Waals surface area contributed by atoms with Crippen LogP contribution in [-0.4, -0.2) is 26.2 Å². The fraction of sp³-hybridized carbons (Fsp3) is 0.333. The Kier molecular flexibility index (Phi) is 4.24. The van der Waals surface area contributed by atoms with Crippen molar-refractivity contribution >= 4 is 17.7 Å². The first-order chi connectivity index (χ1) is 10.6. The van der Waals surface area contributed by atoms with Crippen LogP contribution in [0.3, 0.4) is 0 Å². The summed E-state index contributed by atoms with van der Waals surface area (Å²) in [5, 5.41) is 3.54. The number of aryl methyl sites for hydroxylation is 1. The molecule has 114 valence electrons. The third kappa shape index (κ3) is 3.19. The zero-order valence-corrected chi connectivity index (χ0v) is 13.0. The van der Waals surface area contributed by atoms with Crippen LogP contribution >= 0.6 is 11.8 Å². The number of nitrogens with one attached hydrogen (secondary N) is 1. The third-order valence-electron chi connectivity index (χ3n) is 3.43. The van der Waals surface area contributed by atoms with Gasteiger partial charge in [-0.1, -0.05) is 17.8 Å². The van der Waals surface area contributed by atoms with E-state index in [1.54, 1.807) is 17.7 Å². The highest BCUT2D eigenvalue weighted by Crippen LogP contribution is 2.31. The molecule has 0 saturated carbocycles. The van der Waals surface area contributed by atoms with Crippen LogP contribution in [0.1, 0.15) is 23.9 Å². The SMILES string of the molecule is Cc1cc(=O)n2c(n1)SC[C@@H]2CC(=O)NCc1ccccn1. The molecule has 0 aromatic carbocycles. The van der Waals surface area contributed by atoms with Gasteiger partial charge in [0.15, 0.2) is 5.16 Å². The Morgan fingerprint density at radius 1 is 1.50 bits per heavy atom. The van der Waals surface area contributed by atoms with E-state index in [0.717, 1.165) is 5.69 Å². The van der Waals surface area contributed by atoms with Crippen molar-refractivity contribution in [3.63, 3.8) is 0 Å². The first kappa shape index (κ1) is 14.8. The Balaban J connectivity index is 1.64. The van der Waals surface area contributed by atoms with Crippen molar-refractivity contribution in [2.45, 2.75) is 31.1 Å². The normalized spacial score (nSPS) is 16.3. The lowest BCUT2D eigenvalue weighted by molar-refractivity contribution is -0.121. The fourth-order valence-corrected chi connectivity index (χ4v) is 3.59. The topological polar surface area (TPSA) is 76.9 Å². The number of pyridine rings is 1. The van der Waals surface area contributed by atoms with Crippen molar-refractivity contribution in [3.05, 3.63) is 52.2 Å². The fourth-order valence-electron chi connectivity index (χ4n) is 2.39. The lowest BCUT2D eigenvalue weighted by Crippen LogP contribution is -2.30. The maximum absolute atomic E-state index is 12.1. The zero-order chi connectivity index (χ0) is 15.5. The Morgan fingerprint density at radius 3 is 3.14 bits per heavy atom. The number of carbonyl (C=O) groups excluding carboxylic acids is 1. The van der Waals surface area contributed by atoms with Crippen molar-refractivity contribution in [3.8, 4) is 0 Å². The lowest BCUT2D eigenvalue weighted by Gasteiger charge is -2.13. The minimum atomic E-state index is -0.135. The van der Waals surface area contributed by atoms with Gasteiger partial charge in [-0.2, -0.15) is 0 Å². The number of aromatic nitrogens is 3. The van der Waals surface area contributed by atoms with E-state index in [2.05, 4.69) is 15.3 Å². The summed E-state index contributed by atoms with van der Waals surface area (Å²) in [5.74, 6) is 0.611. The zero-order valence-electron chi connectivity index (χ0n) is 12.2. The summed E-state index contributed by atoms with van der Waals surface area (Å²) in [6.45, 7) is 2.20. The van der Waals surface area contributed by atoms with E-state index in [4.69, 9.17) is 0 Å².